The smallest absolute Gasteiger partial charge is 0.278 e. The van der Waals surface area contributed by atoms with Crippen molar-refractivity contribution in [3.63, 3.8) is 0 Å². The Balaban J connectivity index is 1.48. The van der Waals surface area contributed by atoms with Crippen LogP contribution in [0.5, 0.6) is 0 Å². The van der Waals surface area contributed by atoms with E-state index in [4.69, 9.17) is 0 Å². The molecule has 3 saturated heterocycles. The molecule has 0 radical (unpaired) electrons. The SMILES string of the molecule is CC(C)(NS(=O)(=O)NC1(C)CN2CCC1CC2)c1ccc(-c2ccccc2)cc1. The van der Waals surface area contributed by atoms with Crippen molar-refractivity contribution in [1.82, 2.24) is 14.3 Å². The molecule has 156 valence electrons. The lowest BCUT2D eigenvalue weighted by molar-refractivity contribution is 0.0292. The van der Waals surface area contributed by atoms with E-state index < -0.39 is 21.3 Å². The first kappa shape index (κ1) is 20.5. The molecule has 0 aliphatic carbocycles. The summed E-state index contributed by atoms with van der Waals surface area (Å²) in [6.45, 7) is 8.79. The fraction of sp³-hybridized carbons (Fsp3) is 0.478. The average Bonchev–Trinajstić information content (AvgIpc) is 2.68. The largest absolute Gasteiger partial charge is 0.301 e. The van der Waals surface area contributed by atoms with E-state index >= 15 is 0 Å². The minimum Gasteiger partial charge on any atom is -0.301 e. The number of fused-ring (bicyclic) bond motifs is 3. The fourth-order valence-electron chi connectivity index (χ4n) is 4.87. The normalized spacial score (nSPS) is 27.1. The van der Waals surface area contributed by atoms with Gasteiger partial charge in [0.15, 0.2) is 0 Å². The molecule has 2 N–H and O–H groups in total. The highest BCUT2D eigenvalue weighted by atomic mass is 32.2. The van der Waals surface area contributed by atoms with Gasteiger partial charge in [-0.3, -0.25) is 0 Å². The second kappa shape index (κ2) is 7.51. The van der Waals surface area contributed by atoms with Gasteiger partial charge < -0.3 is 4.90 Å². The summed E-state index contributed by atoms with van der Waals surface area (Å²) in [5, 5.41) is 0. The highest BCUT2D eigenvalue weighted by Crippen LogP contribution is 2.36. The molecule has 3 heterocycles. The fourth-order valence-corrected chi connectivity index (χ4v) is 6.56. The van der Waals surface area contributed by atoms with E-state index in [-0.39, 0.29) is 0 Å². The molecule has 0 amide bonds. The number of rotatable bonds is 6. The Labute approximate surface area is 174 Å². The number of hydrogen-bond acceptors (Lipinski definition) is 3. The van der Waals surface area contributed by atoms with Gasteiger partial charge in [-0.05, 0) is 69.3 Å². The molecule has 3 aliphatic rings. The molecule has 29 heavy (non-hydrogen) atoms. The molecular formula is C23H31N3O2S. The summed E-state index contributed by atoms with van der Waals surface area (Å²) in [5.74, 6) is 0.400. The van der Waals surface area contributed by atoms with Gasteiger partial charge in [0.25, 0.3) is 10.2 Å². The van der Waals surface area contributed by atoms with E-state index in [2.05, 4.69) is 26.5 Å². The van der Waals surface area contributed by atoms with Gasteiger partial charge in [-0.2, -0.15) is 17.9 Å². The summed E-state index contributed by atoms with van der Waals surface area (Å²) < 4.78 is 31.9. The van der Waals surface area contributed by atoms with Crippen LogP contribution < -0.4 is 9.44 Å². The zero-order valence-electron chi connectivity index (χ0n) is 17.5. The first-order chi connectivity index (χ1) is 13.7. The summed E-state index contributed by atoms with van der Waals surface area (Å²) in [4.78, 5) is 2.36. The van der Waals surface area contributed by atoms with E-state index in [1.165, 1.54) is 0 Å². The Morgan fingerprint density at radius 1 is 0.966 bits per heavy atom. The molecular weight excluding hydrogens is 382 g/mol. The summed E-state index contributed by atoms with van der Waals surface area (Å²) >= 11 is 0. The molecule has 6 heteroatoms. The Morgan fingerprint density at radius 3 is 2.10 bits per heavy atom. The van der Waals surface area contributed by atoms with Crippen molar-refractivity contribution in [3.8, 4) is 11.1 Å². The topological polar surface area (TPSA) is 61.4 Å². The van der Waals surface area contributed by atoms with Crippen LogP contribution in [-0.4, -0.2) is 38.5 Å². The molecule has 1 atom stereocenters. The number of nitrogens with one attached hydrogen (secondary N) is 2. The molecule has 0 aromatic heterocycles. The van der Waals surface area contributed by atoms with Gasteiger partial charge in [-0.1, -0.05) is 54.6 Å². The van der Waals surface area contributed by atoms with E-state index in [1.54, 1.807) is 0 Å². The molecule has 0 spiro atoms. The molecule has 0 saturated carbocycles. The van der Waals surface area contributed by atoms with Crippen LogP contribution >= 0.6 is 0 Å². The van der Waals surface area contributed by atoms with E-state index in [1.807, 2.05) is 63.2 Å². The molecule has 2 bridgehead atoms. The van der Waals surface area contributed by atoms with Gasteiger partial charge in [0.1, 0.15) is 0 Å². The van der Waals surface area contributed by atoms with E-state index in [0.717, 1.165) is 49.2 Å². The molecule has 1 unspecified atom stereocenters. The van der Waals surface area contributed by atoms with Crippen LogP contribution in [0.2, 0.25) is 0 Å². The Hall–Kier alpha value is -1.73. The minimum atomic E-state index is -3.66. The predicted octanol–water partition coefficient (Wildman–Crippen LogP) is 3.50. The van der Waals surface area contributed by atoms with Gasteiger partial charge in [-0.25, -0.2) is 0 Å². The standard InChI is InChI=1S/C23H31N3O2S/c1-22(2,20-11-9-19(10-12-20)18-7-5-4-6-8-18)24-29(27,28)25-23(3)17-26-15-13-21(23)14-16-26/h4-12,21,24-25H,13-17H2,1-3H3. The van der Waals surface area contributed by atoms with Crippen molar-refractivity contribution in [2.75, 3.05) is 19.6 Å². The lowest BCUT2D eigenvalue weighted by atomic mass is 9.75. The summed E-state index contributed by atoms with van der Waals surface area (Å²) in [7, 11) is -3.66. The van der Waals surface area contributed by atoms with Gasteiger partial charge >= 0.3 is 0 Å². The molecule has 2 aromatic rings. The summed E-state index contributed by atoms with van der Waals surface area (Å²) in [5.41, 5.74) is 2.07. The number of nitrogens with zero attached hydrogens (tertiary/aromatic N) is 1. The highest BCUT2D eigenvalue weighted by molar-refractivity contribution is 7.87. The Bertz CT molecular complexity index is 949. The van der Waals surface area contributed by atoms with Crippen LogP contribution in [0.25, 0.3) is 11.1 Å². The number of benzene rings is 2. The zero-order chi connectivity index (χ0) is 20.7. The van der Waals surface area contributed by atoms with Gasteiger partial charge in [0, 0.05) is 12.1 Å². The monoisotopic (exact) mass is 413 g/mol. The molecule has 5 nitrogen and oxygen atoms in total. The van der Waals surface area contributed by atoms with Crippen LogP contribution in [-0.2, 0) is 15.7 Å². The van der Waals surface area contributed by atoms with Crippen LogP contribution in [0.1, 0.15) is 39.2 Å². The van der Waals surface area contributed by atoms with Crippen molar-refractivity contribution in [2.45, 2.75) is 44.7 Å². The number of piperidine rings is 3. The molecule has 5 rings (SSSR count). The molecule has 2 aromatic carbocycles. The third-order valence-corrected chi connectivity index (χ3v) is 8.03. The van der Waals surface area contributed by atoms with Crippen LogP contribution in [0, 0.1) is 5.92 Å². The highest BCUT2D eigenvalue weighted by Gasteiger charge is 2.46. The van der Waals surface area contributed by atoms with Crippen molar-refractivity contribution < 1.29 is 8.42 Å². The maximum absolute atomic E-state index is 13.0. The van der Waals surface area contributed by atoms with E-state index in [9.17, 15) is 8.42 Å². The van der Waals surface area contributed by atoms with Crippen LogP contribution in [0.3, 0.4) is 0 Å². The maximum atomic E-state index is 13.0. The molecule has 3 aliphatic heterocycles. The van der Waals surface area contributed by atoms with E-state index in [0.29, 0.717) is 5.92 Å². The van der Waals surface area contributed by atoms with Gasteiger partial charge in [0.05, 0.1) is 5.54 Å². The third-order valence-electron chi connectivity index (χ3n) is 6.51. The Morgan fingerprint density at radius 2 is 1.55 bits per heavy atom. The second-order valence-electron chi connectivity index (χ2n) is 9.24. The van der Waals surface area contributed by atoms with Crippen LogP contribution in [0.15, 0.2) is 54.6 Å². The first-order valence-corrected chi connectivity index (χ1v) is 11.9. The summed E-state index contributed by atoms with van der Waals surface area (Å²) in [6.07, 6.45) is 2.12. The van der Waals surface area contributed by atoms with Gasteiger partial charge in [0.2, 0.25) is 0 Å². The lowest BCUT2D eigenvalue weighted by Gasteiger charge is -2.51. The van der Waals surface area contributed by atoms with Crippen molar-refractivity contribution in [3.05, 3.63) is 60.2 Å². The van der Waals surface area contributed by atoms with Gasteiger partial charge in [-0.15, -0.1) is 0 Å². The minimum absolute atomic E-state index is 0.400. The molecule has 3 fully saturated rings. The van der Waals surface area contributed by atoms with Crippen molar-refractivity contribution in [2.24, 2.45) is 5.92 Å². The lowest BCUT2D eigenvalue weighted by Crippen LogP contribution is -2.67. The van der Waals surface area contributed by atoms with Crippen LogP contribution in [0.4, 0.5) is 0 Å². The third kappa shape index (κ3) is 4.40. The predicted molar refractivity (Wildman–Crippen MR) is 118 cm³/mol. The second-order valence-corrected chi connectivity index (χ2v) is 10.7. The first-order valence-electron chi connectivity index (χ1n) is 10.4. The van der Waals surface area contributed by atoms with Crippen molar-refractivity contribution in [1.29, 1.82) is 0 Å². The average molecular weight is 414 g/mol. The maximum Gasteiger partial charge on any atom is 0.278 e. The Kier molecular flexibility index (Phi) is 5.32. The number of hydrogen-bond donors (Lipinski definition) is 2. The summed E-state index contributed by atoms with van der Waals surface area (Å²) in [6, 6.07) is 18.3. The van der Waals surface area contributed by atoms with Crippen molar-refractivity contribution >= 4 is 10.2 Å². The quantitative estimate of drug-likeness (QED) is 0.762. The zero-order valence-corrected chi connectivity index (χ0v) is 18.3.